The number of hydrogen-bond acceptors (Lipinski definition) is 4. The van der Waals surface area contributed by atoms with Gasteiger partial charge in [0.1, 0.15) is 6.54 Å². The second-order valence-corrected chi connectivity index (χ2v) is 6.72. The lowest BCUT2D eigenvalue weighted by Gasteiger charge is -2.22. The molecule has 116 valence electrons. The molecular formula is C9H14BrF3N4O2S. The Balaban J connectivity index is 3.17. The van der Waals surface area contributed by atoms with Crippen molar-refractivity contribution in [3.63, 3.8) is 0 Å². The molecular weight excluding hydrogens is 365 g/mol. The summed E-state index contributed by atoms with van der Waals surface area (Å²) in [5, 5.41) is 6.57. The Morgan fingerprint density at radius 2 is 2.00 bits per heavy atom. The predicted molar refractivity (Wildman–Crippen MR) is 68.4 cm³/mol. The molecule has 0 bridgehead atoms. The van der Waals surface area contributed by atoms with Gasteiger partial charge in [0.2, 0.25) is 5.03 Å². The molecule has 0 unspecified atom stereocenters. The molecule has 0 aliphatic carbocycles. The van der Waals surface area contributed by atoms with Crippen molar-refractivity contribution >= 4 is 26.0 Å². The molecule has 0 saturated carbocycles. The van der Waals surface area contributed by atoms with Gasteiger partial charge < -0.3 is 0 Å². The third kappa shape index (κ3) is 4.16. The summed E-state index contributed by atoms with van der Waals surface area (Å²) in [7, 11) is -3.02. The van der Waals surface area contributed by atoms with Crippen LogP contribution in [0.1, 0.15) is 19.8 Å². The van der Waals surface area contributed by atoms with Crippen LogP contribution in [0.25, 0.3) is 0 Å². The van der Waals surface area contributed by atoms with Crippen molar-refractivity contribution in [2.45, 2.75) is 31.0 Å². The van der Waals surface area contributed by atoms with Crippen molar-refractivity contribution in [2.75, 3.05) is 13.1 Å². The molecule has 1 rings (SSSR count). The van der Waals surface area contributed by atoms with E-state index in [0.717, 1.165) is 4.68 Å². The van der Waals surface area contributed by atoms with E-state index < -0.39 is 27.8 Å². The Morgan fingerprint density at radius 1 is 1.40 bits per heavy atom. The molecule has 1 aromatic rings. The molecule has 6 nitrogen and oxygen atoms in total. The highest BCUT2D eigenvalue weighted by atomic mass is 79.9. The third-order valence-electron chi connectivity index (χ3n) is 2.44. The molecule has 0 aliphatic heterocycles. The van der Waals surface area contributed by atoms with Crippen LogP contribution in [0.15, 0.2) is 9.63 Å². The number of sulfonamides is 1. The number of aromatic nitrogens is 3. The molecule has 0 aromatic carbocycles. The van der Waals surface area contributed by atoms with Gasteiger partial charge in [-0.15, -0.1) is 5.10 Å². The molecule has 0 radical (unpaired) electrons. The Morgan fingerprint density at radius 3 is 2.40 bits per heavy atom. The molecule has 1 heterocycles. The van der Waals surface area contributed by atoms with E-state index in [1.807, 2.05) is 0 Å². The Labute approximate surface area is 123 Å². The van der Waals surface area contributed by atoms with E-state index in [1.54, 1.807) is 6.92 Å². The zero-order valence-electron chi connectivity index (χ0n) is 10.9. The summed E-state index contributed by atoms with van der Waals surface area (Å²) >= 11 is 2.89. The van der Waals surface area contributed by atoms with Crippen LogP contribution in [0.4, 0.5) is 13.2 Å². The van der Waals surface area contributed by atoms with E-state index in [1.165, 1.54) is 7.05 Å². The summed E-state index contributed by atoms with van der Waals surface area (Å²) in [4.78, 5) is 0. The first-order chi connectivity index (χ1) is 9.09. The van der Waals surface area contributed by atoms with Crippen LogP contribution >= 0.6 is 15.9 Å². The topological polar surface area (TPSA) is 68.1 Å². The van der Waals surface area contributed by atoms with Crippen LogP contribution in [0.5, 0.6) is 0 Å². The van der Waals surface area contributed by atoms with E-state index in [9.17, 15) is 21.6 Å². The SMILES string of the molecule is CCCCN(CC(F)(F)F)S(=O)(=O)c1c(Br)nnn1C. The van der Waals surface area contributed by atoms with Gasteiger partial charge in [-0.1, -0.05) is 18.6 Å². The maximum Gasteiger partial charge on any atom is 0.402 e. The molecule has 11 heteroatoms. The largest absolute Gasteiger partial charge is 0.402 e. The van der Waals surface area contributed by atoms with Crippen molar-refractivity contribution in [3.8, 4) is 0 Å². The van der Waals surface area contributed by atoms with E-state index >= 15 is 0 Å². The standard InChI is InChI=1S/C9H14BrF3N4O2S/c1-3-4-5-17(6-9(11,12)13)20(18,19)8-7(10)14-15-16(8)2/h3-6H2,1-2H3. The number of halogens is 4. The van der Waals surface area contributed by atoms with E-state index in [-0.39, 0.29) is 11.1 Å². The third-order valence-corrected chi connectivity index (χ3v) is 5.17. The lowest BCUT2D eigenvalue weighted by atomic mass is 10.3. The van der Waals surface area contributed by atoms with Crippen molar-refractivity contribution in [2.24, 2.45) is 7.05 Å². The molecule has 0 amide bonds. The molecule has 0 aliphatic rings. The number of hydrogen-bond donors (Lipinski definition) is 0. The maximum atomic E-state index is 12.6. The monoisotopic (exact) mass is 378 g/mol. The smallest absolute Gasteiger partial charge is 0.235 e. The second-order valence-electron chi connectivity index (χ2n) is 4.12. The molecule has 20 heavy (non-hydrogen) atoms. The minimum Gasteiger partial charge on any atom is -0.235 e. The minimum atomic E-state index is -4.61. The zero-order valence-corrected chi connectivity index (χ0v) is 13.3. The van der Waals surface area contributed by atoms with Crippen LogP contribution < -0.4 is 0 Å². The number of nitrogens with zero attached hydrogens (tertiary/aromatic N) is 4. The average molecular weight is 379 g/mol. The van der Waals surface area contributed by atoms with Gasteiger partial charge in [0.15, 0.2) is 4.60 Å². The van der Waals surface area contributed by atoms with Crippen molar-refractivity contribution < 1.29 is 21.6 Å². The average Bonchev–Trinajstić information content (AvgIpc) is 2.63. The highest BCUT2D eigenvalue weighted by molar-refractivity contribution is 9.10. The van der Waals surface area contributed by atoms with E-state index in [0.29, 0.717) is 17.1 Å². The van der Waals surface area contributed by atoms with Gasteiger partial charge in [0.05, 0.1) is 0 Å². The van der Waals surface area contributed by atoms with Crippen LogP contribution in [-0.4, -0.2) is 47.0 Å². The van der Waals surface area contributed by atoms with Crippen LogP contribution in [-0.2, 0) is 17.1 Å². The summed E-state index contributed by atoms with van der Waals surface area (Å²) in [6, 6.07) is 0. The predicted octanol–water partition coefficient (Wildman–Crippen LogP) is 1.93. The first-order valence-corrected chi connectivity index (χ1v) is 7.95. The van der Waals surface area contributed by atoms with Crippen molar-refractivity contribution in [1.82, 2.24) is 19.3 Å². The van der Waals surface area contributed by atoms with Gasteiger partial charge in [-0.3, -0.25) is 0 Å². The van der Waals surface area contributed by atoms with Gasteiger partial charge in [-0.2, -0.15) is 17.5 Å². The fraction of sp³-hybridized carbons (Fsp3) is 0.778. The zero-order chi connectivity index (χ0) is 15.6. The molecule has 0 atom stereocenters. The molecule has 0 fully saturated rings. The van der Waals surface area contributed by atoms with Gasteiger partial charge in [-0.05, 0) is 22.4 Å². The number of rotatable bonds is 6. The first-order valence-electron chi connectivity index (χ1n) is 5.71. The fourth-order valence-electron chi connectivity index (χ4n) is 1.54. The highest BCUT2D eigenvalue weighted by Crippen LogP contribution is 2.26. The summed E-state index contributed by atoms with van der Waals surface area (Å²) < 4.78 is 63.5. The lowest BCUT2D eigenvalue weighted by Crippen LogP contribution is -2.40. The summed E-state index contributed by atoms with van der Waals surface area (Å²) in [5.41, 5.74) is 0. The number of alkyl halides is 3. The molecule has 1 aromatic heterocycles. The second kappa shape index (κ2) is 6.39. The maximum absolute atomic E-state index is 12.6. The summed E-state index contributed by atoms with van der Waals surface area (Å²) in [5.74, 6) is 0. The molecule has 0 spiro atoms. The first kappa shape index (κ1) is 17.4. The molecule has 0 saturated heterocycles. The van der Waals surface area contributed by atoms with Crippen LogP contribution in [0.3, 0.4) is 0 Å². The Hall–Kier alpha value is -0.680. The Kier molecular flexibility index (Phi) is 5.55. The highest BCUT2D eigenvalue weighted by Gasteiger charge is 2.39. The normalized spacial score (nSPS) is 13.2. The van der Waals surface area contributed by atoms with Crippen molar-refractivity contribution in [1.29, 1.82) is 0 Å². The van der Waals surface area contributed by atoms with Gasteiger partial charge >= 0.3 is 6.18 Å². The fourth-order valence-corrected chi connectivity index (χ4v) is 4.03. The summed E-state index contributed by atoms with van der Waals surface area (Å²) in [6.07, 6.45) is -3.70. The van der Waals surface area contributed by atoms with E-state index in [4.69, 9.17) is 0 Å². The Bertz CT molecular complexity index is 539. The molecule has 0 N–H and O–H groups in total. The minimum absolute atomic E-state index is 0.108. The van der Waals surface area contributed by atoms with Crippen molar-refractivity contribution in [3.05, 3.63) is 4.60 Å². The van der Waals surface area contributed by atoms with Crippen LogP contribution in [0, 0.1) is 0 Å². The van der Waals surface area contributed by atoms with Crippen LogP contribution in [0.2, 0.25) is 0 Å². The number of aryl methyl sites for hydroxylation is 1. The van der Waals surface area contributed by atoms with Gasteiger partial charge in [0.25, 0.3) is 10.0 Å². The summed E-state index contributed by atoms with van der Waals surface area (Å²) in [6.45, 7) is 0.0167. The van der Waals surface area contributed by atoms with E-state index in [2.05, 4.69) is 26.2 Å². The quantitative estimate of drug-likeness (QED) is 0.758. The number of unbranched alkanes of at least 4 members (excludes halogenated alkanes) is 1. The van der Waals surface area contributed by atoms with Gasteiger partial charge in [-0.25, -0.2) is 13.1 Å². The van der Waals surface area contributed by atoms with Gasteiger partial charge in [0, 0.05) is 13.6 Å². The lowest BCUT2D eigenvalue weighted by molar-refractivity contribution is -0.136.